The van der Waals surface area contributed by atoms with Gasteiger partial charge in [0.25, 0.3) is 0 Å². The molecule has 0 aliphatic carbocycles. The molecule has 3 heteroatoms. The molecule has 2 nitrogen and oxygen atoms in total. The maximum absolute atomic E-state index is 3.61. The fourth-order valence-electron chi connectivity index (χ4n) is 1.51. The van der Waals surface area contributed by atoms with Crippen molar-refractivity contribution in [2.75, 3.05) is 13.6 Å². The van der Waals surface area contributed by atoms with E-state index in [0.29, 0.717) is 6.04 Å². The molecule has 0 aromatic heterocycles. The zero-order valence-electron chi connectivity index (χ0n) is 9.60. The molecule has 0 aliphatic heterocycles. The average molecular weight is 271 g/mol. The molecule has 1 unspecified atom stereocenters. The predicted octanol–water partition coefficient (Wildman–Crippen LogP) is 2.46. The van der Waals surface area contributed by atoms with Gasteiger partial charge in [-0.3, -0.25) is 0 Å². The molecule has 0 aliphatic rings. The van der Waals surface area contributed by atoms with E-state index in [4.69, 9.17) is 0 Å². The fraction of sp³-hybridized carbons (Fsp3) is 0.500. The second-order valence-corrected chi connectivity index (χ2v) is 4.68. The number of rotatable bonds is 5. The predicted molar refractivity (Wildman–Crippen MR) is 69.1 cm³/mol. The van der Waals surface area contributed by atoms with Crippen LogP contribution in [0.1, 0.15) is 18.1 Å². The molecule has 0 saturated heterocycles. The van der Waals surface area contributed by atoms with Crippen molar-refractivity contribution in [3.05, 3.63) is 33.8 Å². The van der Waals surface area contributed by atoms with Crippen molar-refractivity contribution in [1.82, 2.24) is 10.6 Å². The van der Waals surface area contributed by atoms with Crippen LogP contribution in [-0.2, 0) is 6.54 Å². The average Bonchev–Trinajstić information content (AvgIpc) is 2.21. The van der Waals surface area contributed by atoms with E-state index in [1.807, 2.05) is 7.05 Å². The van der Waals surface area contributed by atoms with E-state index in [1.165, 1.54) is 15.6 Å². The Kier molecular flexibility index (Phi) is 5.29. The molecule has 0 amide bonds. The molecular weight excluding hydrogens is 252 g/mol. The molecule has 1 atom stereocenters. The number of halogens is 1. The van der Waals surface area contributed by atoms with Gasteiger partial charge in [-0.2, -0.15) is 0 Å². The molecule has 1 rings (SSSR count). The van der Waals surface area contributed by atoms with Crippen LogP contribution in [0.15, 0.2) is 22.7 Å². The molecule has 2 N–H and O–H groups in total. The molecule has 1 aromatic carbocycles. The van der Waals surface area contributed by atoms with Crippen LogP contribution in [0.2, 0.25) is 0 Å². The maximum Gasteiger partial charge on any atom is 0.0249 e. The smallest absolute Gasteiger partial charge is 0.0249 e. The van der Waals surface area contributed by atoms with Crippen molar-refractivity contribution >= 4 is 15.9 Å². The van der Waals surface area contributed by atoms with Crippen molar-refractivity contribution in [1.29, 1.82) is 0 Å². The Bertz CT molecular complexity index is 312. The fourth-order valence-corrected chi connectivity index (χ4v) is 1.91. The van der Waals surface area contributed by atoms with Crippen LogP contribution in [0, 0.1) is 6.92 Å². The van der Waals surface area contributed by atoms with E-state index in [1.54, 1.807) is 0 Å². The Balaban J connectivity index is 2.54. The summed E-state index contributed by atoms with van der Waals surface area (Å²) in [6.07, 6.45) is 0. The first kappa shape index (κ1) is 12.7. The minimum Gasteiger partial charge on any atom is -0.318 e. The highest BCUT2D eigenvalue weighted by Gasteiger charge is 2.04. The minimum absolute atomic E-state index is 0.488. The summed E-state index contributed by atoms with van der Waals surface area (Å²) in [5.41, 5.74) is 2.61. The van der Waals surface area contributed by atoms with Gasteiger partial charge in [-0.15, -0.1) is 0 Å². The zero-order chi connectivity index (χ0) is 11.3. The van der Waals surface area contributed by atoms with Gasteiger partial charge in [-0.1, -0.05) is 34.1 Å². The Morgan fingerprint density at radius 1 is 1.40 bits per heavy atom. The lowest BCUT2D eigenvalue weighted by Gasteiger charge is -2.14. The molecule has 1 aromatic rings. The van der Waals surface area contributed by atoms with Crippen molar-refractivity contribution in [2.45, 2.75) is 26.4 Å². The topological polar surface area (TPSA) is 24.1 Å². The summed E-state index contributed by atoms with van der Waals surface area (Å²) < 4.78 is 1.22. The molecule has 0 spiro atoms. The van der Waals surface area contributed by atoms with Crippen molar-refractivity contribution < 1.29 is 0 Å². The molecule has 0 radical (unpaired) electrons. The second kappa shape index (κ2) is 6.26. The van der Waals surface area contributed by atoms with Crippen molar-refractivity contribution in [3.8, 4) is 0 Å². The van der Waals surface area contributed by atoms with E-state index in [0.717, 1.165) is 13.1 Å². The van der Waals surface area contributed by atoms with E-state index in [2.05, 4.69) is 58.6 Å². The van der Waals surface area contributed by atoms with Gasteiger partial charge >= 0.3 is 0 Å². The van der Waals surface area contributed by atoms with Crippen LogP contribution in [0.5, 0.6) is 0 Å². The van der Waals surface area contributed by atoms with Gasteiger partial charge in [0.1, 0.15) is 0 Å². The molecule has 0 fully saturated rings. The zero-order valence-corrected chi connectivity index (χ0v) is 11.2. The Morgan fingerprint density at radius 3 is 2.80 bits per heavy atom. The summed E-state index contributed by atoms with van der Waals surface area (Å²) in [6.45, 7) is 6.19. The third-order valence-corrected chi connectivity index (χ3v) is 3.56. The van der Waals surface area contributed by atoms with Gasteiger partial charge in [0, 0.05) is 23.6 Å². The summed E-state index contributed by atoms with van der Waals surface area (Å²) in [4.78, 5) is 0. The molecule has 15 heavy (non-hydrogen) atoms. The van der Waals surface area contributed by atoms with E-state index in [9.17, 15) is 0 Å². The van der Waals surface area contributed by atoms with Crippen molar-refractivity contribution in [3.63, 3.8) is 0 Å². The Morgan fingerprint density at radius 2 is 2.13 bits per heavy atom. The van der Waals surface area contributed by atoms with Crippen LogP contribution in [0.3, 0.4) is 0 Å². The van der Waals surface area contributed by atoms with E-state index < -0.39 is 0 Å². The minimum atomic E-state index is 0.488. The van der Waals surface area contributed by atoms with Gasteiger partial charge in [-0.25, -0.2) is 0 Å². The summed E-state index contributed by atoms with van der Waals surface area (Å²) in [6, 6.07) is 6.85. The van der Waals surface area contributed by atoms with Crippen LogP contribution >= 0.6 is 15.9 Å². The Labute approximate surface area is 101 Å². The third kappa shape index (κ3) is 3.93. The molecule has 0 saturated carbocycles. The summed E-state index contributed by atoms with van der Waals surface area (Å²) in [5, 5.41) is 6.63. The number of nitrogens with one attached hydrogen (secondary N) is 2. The van der Waals surface area contributed by atoms with Gasteiger partial charge < -0.3 is 10.6 Å². The first-order valence-corrected chi connectivity index (χ1v) is 6.06. The summed E-state index contributed by atoms with van der Waals surface area (Å²) >= 11 is 3.61. The lowest BCUT2D eigenvalue weighted by molar-refractivity contribution is 0.522. The standard InChI is InChI=1S/C12H19BrN2/c1-9-5-4-6-11(12(9)13)8-15-10(2)7-14-3/h4-6,10,14-15H,7-8H2,1-3H3. The van der Waals surface area contributed by atoms with Crippen LogP contribution < -0.4 is 10.6 Å². The SMILES string of the molecule is CNCC(C)NCc1cccc(C)c1Br. The van der Waals surface area contributed by atoms with Crippen LogP contribution in [-0.4, -0.2) is 19.6 Å². The maximum atomic E-state index is 3.61. The van der Waals surface area contributed by atoms with Crippen molar-refractivity contribution in [2.24, 2.45) is 0 Å². The van der Waals surface area contributed by atoms with Crippen LogP contribution in [0.4, 0.5) is 0 Å². The number of hydrogen-bond acceptors (Lipinski definition) is 2. The summed E-state index contributed by atoms with van der Waals surface area (Å²) in [7, 11) is 1.97. The van der Waals surface area contributed by atoms with Gasteiger partial charge in [0.2, 0.25) is 0 Å². The number of aryl methyl sites for hydroxylation is 1. The normalized spacial score (nSPS) is 12.8. The Hall–Kier alpha value is -0.380. The first-order valence-electron chi connectivity index (χ1n) is 5.27. The lowest BCUT2D eigenvalue weighted by Crippen LogP contribution is -2.34. The van der Waals surface area contributed by atoms with Gasteiger partial charge in [0.15, 0.2) is 0 Å². The van der Waals surface area contributed by atoms with E-state index >= 15 is 0 Å². The quantitative estimate of drug-likeness (QED) is 0.859. The van der Waals surface area contributed by atoms with Crippen LogP contribution in [0.25, 0.3) is 0 Å². The van der Waals surface area contributed by atoms with Gasteiger partial charge in [0.05, 0.1) is 0 Å². The highest BCUT2D eigenvalue weighted by atomic mass is 79.9. The number of likely N-dealkylation sites (N-methyl/N-ethyl adjacent to an activating group) is 1. The second-order valence-electron chi connectivity index (χ2n) is 3.89. The summed E-state index contributed by atoms with van der Waals surface area (Å²) in [5.74, 6) is 0. The number of benzene rings is 1. The molecule has 0 bridgehead atoms. The molecule has 0 heterocycles. The highest BCUT2D eigenvalue weighted by Crippen LogP contribution is 2.20. The molecular formula is C12H19BrN2. The number of hydrogen-bond donors (Lipinski definition) is 2. The molecule has 84 valence electrons. The highest BCUT2D eigenvalue weighted by molar-refractivity contribution is 9.10. The third-order valence-electron chi connectivity index (χ3n) is 2.42. The first-order chi connectivity index (χ1) is 7.15. The van der Waals surface area contributed by atoms with E-state index in [-0.39, 0.29) is 0 Å². The lowest BCUT2D eigenvalue weighted by atomic mass is 10.1. The largest absolute Gasteiger partial charge is 0.318 e. The monoisotopic (exact) mass is 270 g/mol. The van der Waals surface area contributed by atoms with Gasteiger partial charge in [-0.05, 0) is 32.0 Å².